The first-order valence-electron chi connectivity index (χ1n) is 8.19. The van der Waals surface area contributed by atoms with Crippen molar-refractivity contribution in [2.75, 3.05) is 25.1 Å². The Kier molecular flexibility index (Phi) is 3.33. The second-order valence-corrected chi connectivity index (χ2v) is 6.95. The third-order valence-corrected chi connectivity index (χ3v) is 5.04. The van der Waals surface area contributed by atoms with Gasteiger partial charge >= 0.3 is 5.97 Å². The molecule has 0 unspecified atom stereocenters. The maximum atomic E-state index is 11.7. The van der Waals surface area contributed by atoms with Gasteiger partial charge in [-0.05, 0) is 26.7 Å². The van der Waals surface area contributed by atoms with Gasteiger partial charge in [-0.1, -0.05) is 0 Å². The Balaban J connectivity index is 1.49. The van der Waals surface area contributed by atoms with Gasteiger partial charge in [0.15, 0.2) is 0 Å². The van der Waals surface area contributed by atoms with Crippen LogP contribution in [0.15, 0.2) is 12.4 Å². The van der Waals surface area contributed by atoms with E-state index >= 15 is 0 Å². The molecule has 1 saturated heterocycles. The lowest BCUT2D eigenvalue weighted by Gasteiger charge is -2.40. The number of aromatic nitrogens is 4. The van der Waals surface area contributed by atoms with Crippen LogP contribution in [0.25, 0.3) is 0 Å². The Morgan fingerprint density at radius 3 is 2.67 bits per heavy atom. The highest BCUT2D eigenvalue weighted by atomic mass is 16.5. The number of esters is 1. The van der Waals surface area contributed by atoms with Crippen molar-refractivity contribution in [3.8, 4) is 0 Å². The van der Waals surface area contributed by atoms with Crippen molar-refractivity contribution in [2.45, 2.75) is 33.2 Å². The molecule has 7 nitrogen and oxygen atoms in total. The summed E-state index contributed by atoms with van der Waals surface area (Å²) in [7, 11) is 1.37. The second kappa shape index (κ2) is 5.29. The smallest absolute Gasteiger partial charge is 0.341 e. The van der Waals surface area contributed by atoms with Crippen LogP contribution >= 0.6 is 0 Å². The number of anilines is 1. The lowest BCUT2D eigenvalue weighted by Crippen LogP contribution is -2.49. The highest BCUT2D eigenvalue weighted by Gasteiger charge is 2.53. The Morgan fingerprint density at radius 2 is 2.04 bits per heavy atom. The molecule has 2 aromatic rings. The molecule has 0 radical (unpaired) electrons. The second-order valence-electron chi connectivity index (χ2n) is 6.95. The van der Waals surface area contributed by atoms with Crippen molar-refractivity contribution >= 4 is 11.9 Å². The van der Waals surface area contributed by atoms with Crippen molar-refractivity contribution < 1.29 is 9.53 Å². The van der Waals surface area contributed by atoms with E-state index in [-0.39, 0.29) is 5.97 Å². The largest absolute Gasteiger partial charge is 0.465 e. The van der Waals surface area contributed by atoms with E-state index in [1.165, 1.54) is 20.0 Å². The van der Waals surface area contributed by atoms with E-state index in [1.54, 1.807) is 17.8 Å². The van der Waals surface area contributed by atoms with Crippen LogP contribution in [0.5, 0.6) is 0 Å². The molecule has 4 rings (SSSR count). The third kappa shape index (κ3) is 2.53. The van der Waals surface area contributed by atoms with Crippen molar-refractivity contribution in [1.82, 2.24) is 19.7 Å². The van der Waals surface area contributed by atoms with Gasteiger partial charge in [0.1, 0.15) is 5.56 Å². The van der Waals surface area contributed by atoms with E-state index < -0.39 is 0 Å². The van der Waals surface area contributed by atoms with E-state index in [0.717, 1.165) is 30.3 Å². The summed E-state index contributed by atoms with van der Waals surface area (Å²) in [6.07, 6.45) is 6.27. The lowest BCUT2D eigenvalue weighted by molar-refractivity contribution is 0.0600. The molecule has 1 aliphatic carbocycles. The van der Waals surface area contributed by atoms with E-state index in [1.807, 2.05) is 13.1 Å². The van der Waals surface area contributed by atoms with Crippen LogP contribution in [0.2, 0.25) is 0 Å². The lowest BCUT2D eigenvalue weighted by atomic mass is 9.98. The molecule has 0 aromatic carbocycles. The Hall–Kier alpha value is -2.44. The van der Waals surface area contributed by atoms with Crippen molar-refractivity contribution in [3.63, 3.8) is 0 Å². The zero-order chi connectivity index (χ0) is 16.9. The van der Waals surface area contributed by atoms with Gasteiger partial charge < -0.3 is 9.64 Å². The molecule has 1 saturated carbocycles. The first kappa shape index (κ1) is 15.1. The average molecular weight is 327 g/mol. The first-order valence-corrected chi connectivity index (χ1v) is 8.19. The van der Waals surface area contributed by atoms with Crippen molar-refractivity contribution in [2.24, 2.45) is 5.41 Å². The fourth-order valence-electron chi connectivity index (χ4n) is 3.27. The maximum Gasteiger partial charge on any atom is 0.341 e. The number of ether oxygens (including phenoxy) is 1. The van der Waals surface area contributed by atoms with Gasteiger partial charge in [-0.3, -0.25) is 4.68 Å². The van der Waals surface area contributed by atoms with Crippen LogP contribution in [-0.4, -0.2) is 45.9 Å². The molecule has 3 heterocycles. The molecule has 2 aliphatic rings. The number of methoxy groups -OCH3 is 1. The third-order valence-electron chi connectivity index (χ3n) is 5.04. The van der Waals surface area contributed by atoms with Gasteiger partial charge in [0, 0.05) is 42.2 Å². The van der Waals surface area contributed by atoms with Gasteiger partial charge in [-0.2, -0.15) is 5.10 Å². The van der Waals surface area contributed by atoms with Crippen LogP contribution in [0.3, 0.4) is 0 Å². The number of aryl methyl sites for hydroxylation is 2. The minimum absolute atomic E-state index is 0.367. The minimum atomic E-state index is -0.367. The van der Waals surface area contributed by atoms with Crippen LogP contribution in [0.4, 0.5) is 5.95 Å². The number of hydrogen-bond donors (Lipinski definition) is 0. The molecule has 0 bridgehead atoms. The summed E-state index contributed by atoms with van der Waals surface area (Å²) < 4.78 is 6.50. The molecule has 1 aliphatic heterocycles. The van der Waals surface area contributed by atoms with Gasteiger partial charge in [0.05, 0.1) is 19.3 Å². The fourth-order valence-corrected chi connectivity index (χ4v) is 3.27. The summed E-state index contributed by atoms with van der Waals surface area (Å²) in [6, 6.07) is 0. The quantitative estimate of drug-likeness (QED) is 0.796. The SMILES string of the molecule is COC(=O)c1cn(Cc2cnc(N3CC4(CC4)C3)nc2C)nc1C. The molecule has 0 atom stereocenters. The van der Waals surface area contributed by atoms with Crippen LogP contribution in [0, 0.1) is 19.3 Å². The maximum absolute atomic E-state index is 11.7. The zero-order valence-corrected chi connectivity index (χ0v) is 14.2. The zero-order valence-electron chi connectivity index (χ0n) is 14.2. The Bertz CT molecular complexity index is 801. The van der Waals surface area contributed by atoms with Gasteiger partial charge in [0.2, 0.25) is 5.95 Å². The monoisotopic (exact) mass is 327 g/mol. The van der Waals surface area contributed by atoms with E-state index in [9.17, 15) is 4.79 Å². The predicted octanol–water partition coefficient (Wildman–Crippen LogP) is 1.73. The number of carbonyl (C=O) groups excluding carboxylic acids is 1. The van der Waals surface area contributed by atoms with Crippen LogP contribution in [-0.2, 0) is 11.3 Å². The molecular weight excluding hydrogens is 306 g/mol. The fraction of sp³-hybridized carbons (Fsp3) is 0.529. The molecular formula is C17H21N5O2. The molecule has 0 N–H and O–H groups in total. The van der Waals surface area contributed by atoms with Gasteiger partial charge in [0.25, 0.3) is 0 Å². The minimum Gasteiger partial charge on any atom is -0.465 e. The van der Waals surface area contributed by atoms with Crippen molar-refractivity contribution in [3.05, 3.63) is 34.9 Å². The summed E-state index contributed by atoms with van der Waals surface area (Å²) in [4.78, 5) is 23.1. The van der Waals surface area contributed by atoms with E-state index in [0.29, 0.717) is 23.2 Å². The standard InChI is InChI=1S/C17H21N5O2/c1-11-13(7-22-8-14(12(2)20-22)15(23)24-3)6-18-16(19-11)21-9-17(10-21)4-5-17/h6,8H,4-5,7,9-10H2,1-3H3. The first-order chi connectivity index (χ1) is 11.5. The van der Waals surface area contributed by atoms with Crippen LogP contribution < -0.4 is 4.90 Å². The van der Waals surface area contributed by atoms with E-state index in [4.69, 9.17) is 4.74 Å². The molecule has 1 spiro atoms. The summed E-state index contributed by atoms with van der Waals surface area (Å²) in [5.41, 5.74) is 3.69. The summed E-state index contributed by atoms with van der Waals surface area (Å²) in [5.74, 6) is 0.453. The average Bonchev–Trinajstić information content (AvgIpc) is 3.25. The summed E-state index contributed by atoms with van der Waals surface area (Å²) in [6.45, 7) is 6.50. The van der Waals surface area contributed by atoms with Gasteiger partial charge in [-0.25, -0.2) is 14.8 Å². The molecule has 2 fully saturated rings. The molecule has 0 amide bonds. The Labute approximate surface area is 140 Å². The number of rotatable bonds is 4. The summed E-state index contributed by atoms with van der Waals surface area (Å²) in [5, 5.41) is 4.38. The molecule has 126 valence electrons. The molecule has 24 heavy (non-hydrogen) atoms. The molecule has 2 aromatic heterocycles. The van der Waals surface area contributed by atoms with E-state index in [2.05, 4.69) is 20.0 Å². The van der Waals surface area contributed by atoms with Gasteiger partial charge in [-0.15, -0.1) is 0 Å². The Morgan fingerprint density at radius 1 is 1.29 bits per heavy atom. The topological polar surface area (TPSA) is 73.1 Å². The van der Waals surface area contributed by atoms with Crippen LogP contribution in [0.1, 0.15) is 40.2 Å². The normalized spacial score (nSPS) is 17.7. The molecule has 7 heteroatoms. The number of hydrogen-bond acceptors (Lipinski definition) is 6. The summed E-state index contributed by atoms with van der Waals surface area (Å²) >= 11 is 0. The highest BCUT2D eigenvalue weighted by molar-refractivity contribution is 5.90. The van der Waals surface area contributed by atoms with Crippen molar-refractivity contribution in [1.29, 1.82) is 0 Å². The predicted molar refractivity (Wildman–Crippen MR) is 88.1 cm³/mol. The highest BCUT2D eigenvalue weighted by Crippen LogP contribution is 2.53. The number of nitrogens with zero attached hydrogens (tertiary/aromatic N) is 5. The number of carbonyl (C=O) groups is 1.